The molecule has 0 fully saturated rings. The molecule has 6 rings (SSSR count). The van der Waals surface area contributed by atoms with Crippen molar-refractivity contribution in [1.29, 1.82) is 0 Å². The van der Waals surface area contributed by atoms with Gasteiger partial charge in [0, 0.05) is 36.4 Å². The topological polar surface area (TPSA) is 114 Å². The lowest BCUT2D eigenvalue weighted by molar-refractivity contribution is -0.0522. The summed E-state index contributed by atoms with van der Waals surface area (Å²) in [5.41, 5.74) is -11.3. The lowest BCUT2D eigenvalue weighted by Gasteiger charge is -2.08. The van der Waals surface area contributed by atoms with Crippen LogP contribution in [-0.4, -0.2) is 37.0 Å². The molecule has 49 heavy (non-hydrogen) atoms. The molecule has 0 aliphatic rings. The molecule has 0 amide bonds. The Morgan fingerprint density at radius 3 is 0.959 bits per heavy atom. The third-order valence-electron chi connectivity index (χ3n) is 5.07. The molecule has 0 radical (unpaired) electrons. The predicted molar refractivity (Wildman–Crippen MR) is 186 cm³/mol. The first kappa shape index (κ1) is 40.4. The number of hydrogen-bond acceptors (Lipinski definition) is 13. The Labute approximate surface area is 310 Å². The van der Waals surface area contributed by atoms with E-state index in [2.05, 4.69) is 94.3 Å². The van der Waals surface area contributed by atoms with Gasteiger partial charge in [0.15, 0.2) is 20.2 Å². The standard InChI is InChI=1S/C24H16S9.2CHF3O3S/c1-5-19(25-13-1)32(20-6-2-14-26-20)23-11-9-17(30-23)29-18-10-12-24(31-18)33(21-7-3-15-27-21)22-8-4-16-28-22;2*2-1(3,4)8(5,6)7/h1-16H;2*(H,5,6,7)/q+2;;/p-2. The lowest BCUT2D eigenvalue weighted by atomic mass is 10.7. The Balaban J connectivity index is 0.000000283. The smallest absolute Gasteiger partial charge is 0.485 e. The Hall–Kier alpha value is -1.35. The second kappa shape index (κ2) is 17.0. The lowest BCUT2D eigenvalue weighted by Crippen LogP contribution is -2.21. The van der Waals surface area contributed by atoms with Crippen molar-refractivity contribution in [3.63, 3.8) is 0 Å². The summed E-state index contributed by atoms with van der Waals surface area (Å²) in [6.45, 7) is 0. The second-order valence-electron chi connectivity index (χ2n) is 8.39. The Bertz CT molecular complexity index is 1860. The zero-order valence-corrected chi connectivity index (χ0v) is 32.4. The predicted octanol–water partition coefficient (Wildman–Crippen LogP) is 10.5. The molecule has 0 unspecified atom stereocenters. The van der Waals surface area contributed by atoms with Gasteiger partial charge in [0.1, 0.15) is 21.8 Å². The molecule has 6 heterocycles. The molecule has 0 bridgehead atoms. The summed E-state index contributed by atoms with van der Waals surface area (Å²) >= 11 is 13.3. The normalized spacial score (nSPS) is 12.4. The Morgan fingerprint density at radius 2 is 0.755 bits per heavy atom. The van der Waals surface area contributed by atoms with E-state index in [1.165, 1.54) is 33.7 Å². The number of rotatable bonds is 8. The molecule has 0 aromatic carbocycles. The van der Waals surface area contributed by atoms with Crippen LogP contribution in [0.5, 0.6) is 0 Å². The fourth-order valence-corrected chi connectivity index (χ4v) is 18.3. The van der Waals surface area contributed by atoms with E-state index >= 15 is 0 Å². The van der Waals surface area contributed by atoms with Crippen molar-refractivity contribution >= 4 is 122 Å². The molecule has 0 N–H and O–H groups in total. The summed E-state index contributed by atoms with van der Waals surface area (Å²) in [4.78, 5) is 0. The summed E-state index contributed by atoms with van der Waals surface area (Å²) in [5.74, 6) is 0. The summed E-state index contributed by atoms with van der Waals surface area (Å²) in [6.07, 6.45) is 0. The molecular formula is C26H16F6O6S11. The third kappa shape index (κ3) is 11.3. The minimum atomic E-state index is -6.09. The quantitative estimate of drug-likeness (QED) is 0.0647. The fraction of sp³-hybridized carbons (Fsp3) is 0.0769. The molecule has 0 aliphatic carbocycles. The molecule has 6 aromatic rings. The van der Waals surface area contributed by atoms with Gasteiger partial charge in [0.05, 0.1) is 8.42 Å². The van der Waals surface area contributed by atoms with Crippen molar-refractivity contribution in [1.82, 2.24) is 0 Å². The van der Waals surface area contributed by atoms with Crippen molar-refractivity contribution in [3.8, 4) is 0 Å². The van der Waals surface area contributed by atoms with Crippen LogP contribution < -0.4 is 0 Å². The average molecular weight is 891 g/mol. The summed E-state index contributed by atoms with van der Waals surface area (Å²) in [7, 11) is -12.1. The zero-order chi connectivity index (χ0) is 36.0. The summed E-state index contributed by atoms with van der Waals surface area (Å²) in [6, 6.07) is 27.1. The van der Waals surface area contributed by atoms with Gasteiger partial charge in [-0.3, -0.25) is 0 Å². The molecule has 0 spiro atoms. The minimum absolute atomic E-state index is 0.0174. The first-order valence-electron chi connectivity index (χ1n) is 12.4. The van der Waals surface area contributed by atoms with Gasteiger partial charge in [0.2, 0.25) is 25.3 Å². The molecule has 264 valence electrons. The number of alkyl halides is 6. The maximum Gasteiger partial charge on any atom is 0.485 e. The van der Waals surface area contributed by atoms with E-state index in [0.29, 0.717) is 0 Å². The highest BCUT2D eigenvalue weighted by molar-refractivity contribution is 8.05. The van der Waals surface area contributed by atoms with E-state index in [9.17, 15) is 26.3 Å². The first-order valence-corrected chi connectivity index (χ1v) is 23.6. The van der Waals surface area contributed by atoms with Crippen molar-refractivity contribution < 1.29 is 52.3 Å². The van der Waals surface area contributed by atoms with E-state index in [4.69, 9.17) is 25.9 Å². The minimum Gasteiger partial charge on any atom is -0.741 e. The maximum atomic E-state index is 10.7. The largest absolute Gasteiger partial charge is 0.741 e. The van der Waals surface area contributed by atoms with E-state index in [1.54, 1.807) is 0 Å². The van der Waals surface area contributed by atoms with E-state index in [0.717, 1.165) is 0 Å². The van der Waals surface area contributed by atoms with Gasteiger partial charge in [-0.1, -0.05) is 79.8 Å². The molecule has 6 aromatic heterocycles. The van der Waals surface area contributed by atoms with E-state index in [1.807, 2.05) is 79.8 Å². The monoisotopic (exact) mass is 890 g/mol. The van der Waals surface area contributed by atoms with Crippen molar-refractivity contribution in [2.75, 3.05) is 0 Å². The summed E-state index contributed by atoms with van der Waals surface area (Å²) in [5, 5.41) is 8.77. The van der Waals surface area contributed by atoms with Gasteiger partial charge in [-0.2, -0.15) is 26.3 Å². The van der Waals surface area contributed by atoms with Crippen LogP contribution in [-0.2, 0) is 42.0 Å². The van der Waals surface area contributed by atoms with Crippen molar-refractivity contribution in [3.05, 3.63) is 94.3 Å². The maximum absolute atomic E-state index is 10.7. The van der Waals surface area contributed by atoms with Crippen LogP contribution in [0, 0.1) is 0 Å². The van der Waals surface area contributed by atoms with Gasteiger partial charge in [-0.25, -0.2) is 16.8 Å². The fourth-order valence-electron chi connectivity index (χ4n) is 3.15. The van der Waals surface area contributed by atoms with Crippen LogP contribution in [0.15, 0.2) is 128 Å². The highest BCUT2D eigenvalue weighted by atomic mass is 32.3. The molecular weight excluding hydrogens is 875 g/mol. The third-order valence-corrected chi connectivity index (χ3v) is 19.8. The van der Waals surface area contributed by atoms with Crippen LogP contribution in [0.3, 0.4) is 0 Å². The SMILES string of the molecule is O=S(=O)([O-])C(F)(F)F.O=S(=O)([O-])C(F)(F)F.c1csc([S+](c2cccs2)c2ccc(Sc3ccc([S+](c4cccs4)c4cccs4)s3)s2)c1. The van der Waals surface area contributed by atoms with Crippen LogP contribution >= 0.6 is 79.8 Å². The van der Waals surface area contributed by atoms with E-state index in [-0.39, 0.29) is 21.8 Å². The highest BCUT2D eigenvalue weighted by Gasteiger charge is 2.38. The molecule has 0 aliphatic heterocycles. The van der Waals surface area contributed by atoms with Crippen LogP contribution in [0.4, 0.5) is 26.3 Å². The van der Waals surface area contributed by atoms with Gasteiger partial charge in [0.25, 0.3) is 0 Å². The number of hydrogen-bond donors (Lipinski definition) is 0. The number of halogens is 6. The molecule has 6 nitrogen and oxygen atoms in total. The van der Waals surface area contributed by atoms with Crippen LogP contribution in [0.1, 0.15) is 0 Å². The van der Waals surface area contributed by atoms with Crippen molar-refractivity contribution in [2.24, 2.45) is 0 Å². The molecule has 0 saturated heterocycles. The zero-order valence-electron chi connectivity index (χ0n) is 23.4. The molecule has 0 saturated carbocycles. The van der Waals surface area contributed by atoms with Crippen molar-refractivity contribution in [2.45, 2.75) is 44.7 Å². The van der Waals surface area contributed by atoms with Crippen LogP contribution in [0.2, 0.25) is 0 Å². The van der Waals surface area contributed by atoms with Gasteiger partial charge < -0.3 is 9.11 Å². The van der Waals surface area contributed by atoms with Gasteiger partial charge in [-0.05, 0) is 57.9 Å². The van der Waals surface area contributed by atoms with Crippen LogP contribution in [0.25, 0.3) is 0 Å². The second-order valence-corrected chi connectivity index (χ2v) is 24.1. The molecule has 0 atom stereocenters. The molecule has 23 heteroatoms. The average Bonchev–Trinajstić information content (AvgIpc) is 3.84. The highest BCUT2D eigenvalue weighted by Crippen LogP contribution is 2.46. The first-order chi connectivity index (χ1) is 22.8. The van der Waals surface area contributed by atoms with Gasteiger partial charge >= 0.3 is 11.0 Å². The Morgan fingerprint density at radius 1 is 0.490 bits per heavy atom. The number of thiophene rings is 6. The van der Waals surface area contributed by atoms with E-state index < -0.39 is 31.3 Å². The Kier molecular flexibility index (Phi) is 14.0. The summed E-state index contributed by atoms with van der Waals surface area (Å²) < 4.78 is 129. The van der Waals surface area contributed by atoms with Gasteiger partial charge in [-0.15, -0.1) is 0 Å².